The third kappa shape index (κ3) is 6.74. The normalized spacial score (nSPS) is 11.5. The fourth-order valence-electron chi connectivity index (χ4n) is 8.87. The first-order valence-electron chi connectivity index (χ1n) is 21.2. The number of pyridine rings is 1. The molecule has 0 N–H and O–H groups in total. The minimum Gasteiger partial charge on any atom is -0.246 e. The third-order valence-electron chi connectivity index (χ3n) is 12.1. The first-order valence-corrected chi connectivity index (χ1v) is 22.1. The molecule has 4 heteroatoms. The Labute approximate surface area is 369 Å². The summed E-state index contributed by atoms with van der Waals surface area (Å²) >= 11 is 1.83. The van der Waals surface area contributed by atoms with Crippen molar-refractivity contribution in [2.24, 2.45) is 0 Å². The van der Waals surface area contributed by atoms with Crippen LogP contribution in [0.5, 0.6) is 0 Å². The summed E-state index contributed by atoms with van der Waals surface area (Å²) in [7, 11) is 0. The van der Waals surface area contributed by atoms with Crippen LogP contribution in [0.25, 0.3) is 120 Å². The van der Waals surface area contributed by atoms with Crippen molar-refractivity contribution in [2.45, 2.75) is 0 Å². The molecule has 3 heterocycles. The van der Waals surface area contributed by atoms with Crippen LogP contribution in [-0.2, 0) is 0 Å². The molecule has 0 aliphatic heterocycles. The molecule has 0 saturated carbocycles. The van der Waals surface area contributed by atoms with Gasteiger partial charge in [0.2, 0.25) is 0 Å². The van der Waals surface area contributed by atoms with Gasteiger partial charge in [0.15, 0.2) is 5.82 Å². The van der Waals surface area contributed by atoms with Gasteiger partial charge < -0.3 is 0 Å². The summed E-state index contributed by atoms with van der Waals surface area (Å²) in [4.78, 5) is 15.8. The zero-order valence-corrected chi connectivity index (χ0v) is 34.9. The van der Waals surface area contributed by atoms with E-state index in [2.05, 4.69) is 212 Å². The standard InChI is InChI=1S/C59H37N3S/c1-3-12-38(13-4-1)40-22-28-44(29-23-40)52-37-53(61-59(60-52)46-32-26-41(27-33-46)39-14-5-2-6-15-39)45-30-24-42(25-31-45)47-17-11-18-48(36-47)56-58-55(50-20-9-10-21-54(50)63-58)51-35-34-43-16-7-8-19-49(43)57(51)62-56/h1-37H. The van der Waals surface area contributed by atoms with E-state index < -0.39 is 0 Å². The van der Waals surface area contributed by atoms with Crippen molar-refractivity contribution in [3.8, 4) is 78.5 Å². The molecule has 9 aromatic carbocycles. The number of aromatic nitrogens is 3. The van der Waals surface area contributed by atoms with Crippen LogP contribution < -0.4 is 0 Å². The van der Waals surface area contributed by atoms with Gasteiger partial charge >= 0.3 is 0 Å². The molecule has 12 aromatic rings. The van der Waals surface area contributed by atoms with E-state index in [0.29, 0.717) is 5.82 Å². The Balaban J connectivity index is 0.933. The van der Waals surface area contributed by atoms with Gasteiger partial charge in [-0.1, -0.05) is 206 Å². The lowest BCUT2D eigenvalue weighted by Gasteiger charge is -2.12. The van der Waals surface area contributed by atoms with Gasteiger partial charge in [0.25, 0.3) is 0 Å². The van der Waals surface area contributed by atoms with Gasteiger partial charge in [-0.25, -0.2) is 15.0 Å². The van der Waals surface area contributed by atoms with Gasteiger partial charge in [-0.2, -0.15) is 0 Å². The van der Waals surface area contributed by atoms with Gasteiger partial charge in [-0.05, 0) is 57.0 Å². The predicted molar refractivity (Wildman–Crippen MR) is 266 cm³/mol. The number of fused-ring (bicyclic) bond motifs is 7. The van der Waals surface area contributed by atoms with E-state index in [1.165, 1.54) is 53.0 Å². The molecule has 0 aliphatic rings. The monoisotopic (exact) mass is 819 g/mol. The second-order valence-electron chi connectivity index (χ2n) is 16.0. The summed E-state index contributed by atoms with van der Waals surface area (Å²) in [6.45, 7) is 0. The molecular formula is C59H37N3S. The van der Waals surface area contributed by atoms with Crippen molar-refractivity contribution < 1.29 is 0 Å². The van der Waals surface area contributed by atoms with Crippen LogP contribution in [0.1, 0.15) is 0 Å². The zero-order chi connectivity index (χ0) is 41.7. The molecule has 0 fully saturated rings. The molecule has 3 aromatic heterocycles. The van der Waals surface area contributed by atoms with Gasteiger partial charge in [0, 0.05) is 48.5 Å². The molecule has 294 valence electrons. The predicted octanol–water partition coefficient (Wildman–Crippen LogP) is 16.2. The third-order valence-corrected chi connectivity index (χ3v) is 13.3. The minimum atomic E-state index is 0.689. The van der Waals surface area contributed by atoms with Crippen LogP contribution in [0.4, 0.5) is 0 Å². The maximum Gasteiger partial charge on any atom is 0.160 e. The Hall–Kier alpha value is -8.05. The summed E-state index contributed by atoms with van der Waals surface area (Å²) in [5.74, 6) is 0.689. The van der Waals surface area contributed by atoms with Gasteiger partial charge in [-0.15, -0.1) is 11.3 Å². The molecule has 0 atom stereocenters. The van der Waals surface area contributed by atoms with E-state index in [-0.39, 0.29) is 0 Å². The van der Waals surface area contributed by atoms with Crippen molar-refractivity contribution in [2.75, 3.05) is 0 Å². The van der Waals surface area contributed by atoms with Gasteiger partial charge in [0.05, 0.1) is 27.3 Å². The number of thiophene rings is 1. The van der Waals surface area contributed by atoms with Crippen molar-refractivity contribution in [3.05, 3.63) is 224 Å². The highest BCUT2D eigenvalue weighted by molar-refractivity contribution is 7.26. The summed E-state index contributed by atoms with van der Waals surface area (Å²) in [6, 6.07) is 79.6. The van der Waals surface area contributed by atoms with Gasteiger partial charge in [-0.3, -0.25) is 0 Å². The molecular weight excluding hydrogens is 783 g/mol. The summed E-state index contributed by atoms with van der Waals surface area (Å²) < 4.78 is 2.48. The van der Waals surface area contributed by atoms with Crippen molar-refractivity contribution in [1.29, 1.82) is 0 Å². The average molecular weight is 820 g/mol. The largest absolute Gasteiger partial charge is 0.246 e. The highest BCUT2D eigenvalue weighted by Crippen LogP contribution is 2.44. The van der Waals surface area contributed by atoms with Crippen LogP contribution in [0.2, 0.25) is 0 Å². The highest BCUT2D eigenvalue weighted by Gasteiger charge is 2.18. The molecule has 0 amide bonds. The molecule has 0 saturated heterocycles. The van der Waals surface area contributed by atoms with E-state index in [4.69, 9.17) is 15.0 Å². The van der Waals surface area contributed by atoms with Crippen LogP contribution in [0, 0.1) is 0 Å². The lowest BCUT2D eigenvalue weighted by atomic mass is 9.97. The summed E-state index contributed by atoms with van der Waals surface area (Å²) in [5.41, 5.74) is 14.9. The van der Waals surface area contributed by atoms with Crippen molar-refractivity contribution in [1.82, 2.24) is 15.0 Å². The van der Waals surface area contributed by atoms with Gasteiger partial charge in [0.1, 0.15) is 0 Å². The fraction of sp³-hybridized carbons (Fsp3) is 0. The Bertz CT molecular complexity index is 3530. The molecule has 0 radical (unpaired) electrons. The van der Waals surface area contributed by atoms with Crippen LogP contribution >= 0.6 is 11.3 Å². The maximum atomic E-state index is 5.49. The molecule has 0 spiro atoms. The maximum absolute atomic E-state index is 5.49. The van der Waals surface area contributed by atoms with Crippen LogP contribution in [0.3, 0.4) is 0 Å². The topological polar surface area (TPSA) is 38.7 Å². The molecule has 3 nitrogen and oxygen atoms in total. The van der Waals surface area contributed by atoms with Crippen molar-refractivity contribution in [3.63, 3.8) is 0 Å². The summed E-state index contributed by atoms with van der Waals surface area (Å²) in [5, 5.41) is 6.11. The molecule has 63 heavy (non-hydrogen) atoms. The van der Waals surface area contributed by atoms with Crippen LogP contribution in [-0.4, -0.2) is 15.0 Å². The number of benzene rings is 9. The number of rotatable bonds is 7. The molecule has 0 unspecified atom stereocenters. The van der Waals surface area contributed by atoms with E-state index in [0.717, 1.165) is 61.5 Å². The minimum absolute atomic E-state index is 0.689. The molecule has 0 aliphatic carbocycles. The Morgan fingerprint density at radius 2 is 0.794 bits per heavy atom. The zero-order valence-electron chi connectivity index (χ0n) is 34.1. The molecule has 12 rings (SSSR count). The first-order chi connectivity index (χ1) is 31.2. The SMILES string of the molecule is c1ccc(-c2ccc(-c3cc(-c4ccc(-c5cccc(-c6nc7c8ccccc8ccc7c7c6sc6ccccc67)c5)cc4)nc(-c4ccc(-c5ccccc5)cc4)n3)cc2)cc1. The number of hydrogen-bond acceptors (Lipinski definition) is 4. The smallest absolute Gasteiger partial charge is 0.160 e. The van der Waals surface area contributed by atoms with E-state index in [9.17, 15) is 0 Å². The Kier molecular flexibility index (Phi) is 9.02. The average Bonchev–Trinajstić information content (AvgIpc) is 3.77. The van der Waals surface area contributed by atoms with E-state index >= 15 is 0 Å². The first kappa shape index (κ1) is 36.8. The van der Waals surface area contributed by atoms with E-state index in [1.807, 2.05) is 23.5 Å². The summed E-state index contributed by atoms with van der Waals surface area (Å²) in [6.07, 6.45) is 0. The lowest BCUT2D eigenvalue weighted by Crippen LogP contribution is -1.96. The second-order valence-corrected chi connectivity index (χ2v) is 17.0. The lowest BCUT2D eigenvalue weighted by molar-refractivity contribution is 1.18. The highest BCUT2D eigenvalue weighted by atomic mass is 32.1. The quantitative estimate of drug-likeness (QED) is 0.150. The molecule has 0 bridgehead atoms. The second kappa shape index (κ2) is 15.4. The number of hydrogen-bond donors (Lipinski definition) is 0. The number of nitrogens with zero attached hydrogens (tertiary/aromatic N) is 3. The van der Waals surface area contributed by atoms with Crippen LogP contribution in [0.15, 0.2) is 224 Å². The Morgan fingerprint density at radius 3 is 1.44 bits per heavy atom. The Morgan fingerprint density at radius 1 is 0.302 bits per heavy atom. The van der Waals surface area contributed by atoms with Crippen molar-refractivity contribution >= 4 is 53.2 Å². The van der Waals surface area contributed by atoms with E-state index in [1.54, 1.807) is 0 Å². The fourth-order valence-corrected chi connectivity index (χ4v) is 10.1.